The molecule has 4 nitrogen and oxygen atoms in total. The van der Waals surface area contributed by atoms with Crippen molar-refractivity contribution in [1.82, 2.24) is 0 Å². The number of hydrogen-bond donors (Lipinski definition) is 2. The Labute approximate surface area is 64.1 Å². The maximum atomic E-state index is 12.9. The Hall–Kier alpha value is -0.230. The predicted octanol–water partition coefficient (Wildman–Crippen LogP) is -0.985. The lowest BCUT2D eigenvalue weighted by molar-refractivity contribution is -0.141. The van der Waals surface area contributed by atoms with Crippen molar-refractivity contribution in [1.29, 1.82) is 0 Å². The van der Waals surface area contributed by atoms with E-state index in [2.05, 4.69) is 4.74 Å². The monoisotopic (exact) mass is 165 g/mol. The molecule has 4 atom stereocenters. The average Bonchev–Trinajstić information content (AvgIpc) is 2.30. The van der Waals surface area contributed by atoms with Crippen LogP contribution in [0.5, 0.6) is 0 Å². The van der Waals surface area contributed by atoms with Gasteiger partial charge in [0.15, 0.2) is 12.5 Å². The van der Waals surface area contributed by atoms with Gasteiger partial charge in [0.25, 0.3) is 0 Å². The van der Waals surface area contributed by atoms with Crippen molar-refractivity contribution in [3.05, 3.63) is 0 Å². The summed E-state index contributed by atoms with van der Waals surface area (Å²) in [5.74, 6) is 0. The molecule has 0 radical (unpaired) electrons. The Morgan fingerprint density at radius 3 is 2.64 bits per heavy atom. The van der Waals surface area contributed by atoms with Crippen molar-refractivity contribution in [2.24, 2.45) is 5.73 Å². The maximum absolute atomic E-state index is 12.9. The summed E-state index contributed by atoms with van der Waals surface area (Å²) in [5, 5.41) is 8.64. The number of ether oxygens (including phenoxy) is 2. The highest BCUT2D eigenvalue weighted by molar-refractivity contribution is 4.89. The zero-order valence-corrected chi connectivity index (χ0v) is 6.24. The van der Waals surface area contributed by atoms with Crippen LogP contribution in [0.2, 0.25) is 0 Å². The molecule has 0 saturated carbocycles. The van der Waals surface area contributed by atoms with E-state index in [4.69, 9.17) is 15.6 Å². The Morgan fingerprint density at radius 1 is 1.73 bits per heavy atom. The second kappa shape index (κ2) is 3.44. The molecule has 1 rings (SSSR count). The molecule has 5 heteroatoms. The predicted molar refractivity (Wildman–Crippen MR) is 35.6 cm³/mol. The van der Waals surface area contributed by atoms with Crippen LogP contribution >= 0.6 is 0 Å². The zero-order chi connectivity index (χ0) is 8.43. The molecule has 0 amide bonds. The number of aliphatic hydroxyl groups excluding tert-OH is 1. The molecule has 1 fully saturated rings. The van der Waals surface area contributed by atoms with Crippen LogP contribution in [0.25, 0.3) is 0 Å². The molecular formula is C6H12FNO3. The summed E-state index contributed by atoms with van der Waals surface area (Å²) in [5.41, 5.74) is 5.36. The molecule has 0 aromatic carbocycles. The van der Waals surface area contributed by atoms with E-state index in [0.29, 0.717) is 0 Å². The molecule has 0 aromatic rings. The third-order valence-corrected chi connectivity index (χ3v) is 1.78. The van der Waals surface area contributed by atoms with Crippen molar-refractivity contribution in [2.45, 2.75) is 24.6 Å². The second-order valence-electron chi connectivity index (χ2n) is 2.48. The minimum Gasteiger partial charge on any atom is -0.394 e. The normalized spacial score (nSPS) is 44.7. The van der Waals surface area contributed by atoms with Gasteiger partial charge in [0.05, 0.1) is 12.6 Å². The first-order valence-corrected chi connectivity index (χ1v) is 3.39. The van der Waals surface area contributed by atoms with Crippen molar-refractivity contribution >= 4 is 0 Å². The van der Waals surface area contributed by atoms with Gasteiger partial charge in [0, 0.05) is 7.11 Å². The van der Waals surface area contributed by atoms with Gasteiger partial charge >= 0.3 is 0 Å². The van der Waals surface area contributed by atoms with Crippen LogP contribution in [0.4, 0.5) is 4.39 Å². The summed E-state index contributed by atoms with van der Waals surface area (Å²) < 4.78 is 22.5. The molecule has 1 aliphatic rings. The molecule has 1 heterocycles. The lowest BCUT2D eigenvalue weighted by atomic mass is 10.1. The highest BCUT2D eigenvalue weighted by atomic mass is 19.1. The number of aliphatic hydroxyl groups is 1. The lowest BCUT2D eigenvalue weighted by Gasteiger charge is -2.09. The third-order valence-electron chi connectivity index (χ3n) is 1.78. The van der Waals surface area contributed by atoms with Gasteiger partial charge in [0.1, 0.15) is 6.10 Å². The molecule has 4 unspecified atom stereocenters. The summed E-state index contributed by atoms with van der Waals surface area (Å²) in [6, 6.07) is -0.787. The smallest absolute Gasteiger partial charge is 0.190 e. The summed E-state index contributed by atoms with van der Waals surface area (Å²) in [6.45, 7) is -0.276. The van der Waals surface area contributed by atoms with Crippen LogP contribution in [0.1, 0.15) is 0 Å². The van der Waals surface area contributed by atoms with Gasteiger partial charge in [-0.3, -0.25) is 0 Å². The van der Waals surface area contributed by atoms with Crippen molar-refractivity contribution in [3.8, 4) is 0 Å². The van der Waals surface area contributed by atoms with Gasteiger partial charge in [-0.1, -0.05) is 0 Å². The van der Waals surface area contributed by atoms with Crippen LogP contribution in [0, 0.1) is 0 Å². The van der Waals surface area contributed by atoms with E-state index in [1.54, 1.807) is 0 Å². The number of rotatable bonds is 2. The molecular weight excluding hydrogens is 153 g/mol. The summed E-state index contributed by atoms with van der Waals surface area (Å²) in [7, 11) is 1.34. The highest BCUT2D eigenvalue weighted by Crippen LogP contribution is 2.22. The largest absolute Gasteiger partial charge is 0.394 e. The topological polar surface area (TPSA) is 64.7 Å². The standard InChI is InChI=1S/C6H12FNO3/c1-10-6-4(7)5(8)3(2-9)11-6/h3-6,9H,2,8H2,1H3. The summed E-state index contributed by atoms with van der Waals surface area (Å²) in [4.78, 5) is 0. The second-order valence-corrected chi connectivity index (χ2v) is 2.48. The Bertz CT molecular complexity index is 117. The van der Waals surface area contributed by atoms with Crippen LogP contribution in [0.15, 0.2) is 0 Å². The fourth-order valence-corrected chi connectivity index (χ4v) is 1.07. The van der Waals surface area contributed by atoms with Crippen LogP contribution in [0.3, 0.4) is 0 Å². The van der Waals surface area contributed by atoms with Crippen molar-refractivity contribution < 1.29 is 19.0 Å². The maximum Gasteiger partial charge on any atom is 0.190 e. The lowest BCUT2D eigenvalue weighted by Crippen LogP contribution is -2.39. The Morgan fingerprint density at radius 2 is 2.36 bits per heavy atom. The molecule has 3 N–H and O–H groups in total. The number of alkyl halides is 1. The molecule has 66 valence electrons. The van der Waals surface area contributed by atoms with Gasteiger partial charge in [-0.15, -0.1) is 0 Å². The van der Waals surface area contributed by atoms with Crippen LogP contribution < -0.4 is 5.73 Å². The van der Waals surface area contributed by atoms with Crippen molar-refractivity contribution in [3.63, 3.8) is 0 Å². The minimum atomic E-state index is -1.35. The van der Waals surface area contributed by atoms with Gasteiger partial charge in [-0.2, -0.15) is 0 Å². The van der Waals surface area contributed by atoms with Gasteiger partial charge < -0.3 is 20.3 Å². The van der Waals surface area contributed by atoms with Crippen LogP contribution in [-0.2, 0) is 9.47 Å². The van der Waals surface area contributed by atoms with Crippen LogP contribution in [-0.4, -0.2) is 43.4 Å². The highest BCUT2D eigenvalue weighted by Gasteiger charge is 2.42. The van der Waals surface area contributed by atoms with Crippen molar-refractivity contribution in [2.75, 3.05) is 13.7 Å². The first-order chi connectivity index (χ1) is 5.20. The molecule has 0 bridgehead atoms. The first kappa shape index (κ1) is 8.86. The quantitative estimate of drug-likeness (QED) is 0.551. The molecule has 1 aliphatic heterocycles. The summed E-state index contributed by atoms with van der Waals surface area (Å²) in [6.07, 6.45) is -2.92. The Kier molecular flexibility index (Phi) is 2.78. The number of halogens is 1. The molecule has 11 heavy (non-hydrogen) atoms. The van der Waals surface area contributed by atoms with E-state index in [0.717, 1.165) is 0 Å². The Balaban J connectivity index is 2.53. The van der Waals surface area contributed by atoms with E-state index in [-0.39, 0.29) is 6.61 Å². The van der Waals surface area contributed by atoms with E-state index in [1.165, 1.54) is 7.11 Å². The first-order valence-electron chi connectivity index (χ1n) is 3.39. The number of nitrogens with two attached hydrogens (primary N) is 1. The molecule has 0 aliphatic carbocycles. The summed E-state index contributed by atoms with van der Waals surface area (Å²) >= 11 is 0. The fraction of sp³-hybridized carbons (Fsp3) is 1.00. The minimum absolute atomic E-state index is 0.276. The molecule has 1 saturated heterocycles. The molecule has 0 spiro atoms. The van der Waals surface area contributed by atoms with Gasteiger partial charge in [0.2, 0.25) is 0 Å². The van der Waals surface area contributed by atoms with Gasteiger partial charge in [-0.25, -0.2) is 4.39 Å². The molecule has 0 aromatic heterocycles. The van der Waals surface area contributed by atoms with E-state index in [1.807, 2.05) is 0 Å². The van der Waals surface area contributed by atoms with Gasteiger partial charge in [-0.05, 0) is 0 Å². The fourth-order valence-electron chi connectivity index (χ4n) is 1.07. The SMILES string of the molecule is COC1OC(CO)C(N)C1F. The van der Waals surface area contributed by atoms with E-state index >= 15 is 0 Å². The number of methoxy groups -OCH3 is 1. The zero-order valence-electron chi connectivity index (χ0n) is 6.24. The third kappa shape index (κ3) is 1.51. The average molecular weight is 165 g/mol. The van der Waals surface area contributed by atoms with E-state index < -0.39 is 24.6 Å². The van der Waals surface area contributed by atoms with E-state index in [9.17, 15) is 4.39 Å². The number of hydrogen-bond acceptors (Lipinski definition) is 4.